The molecule has 0 saturated carbocycles. The molecule has 0 aliphatic carbocycles. The van der Waals surface area contributed by atoms with Gasteiger partial charge in [0.25, 0.3) is 0 Å². The standard InChI is InChI=1S/C13H29NO2/c1-5-6-7-8-9-13(4,10-14)16-12(3)11(2)15/h11-12,15H,5-10,14H2,1-4H3. The third kappa shape index (κ3) is 6.46. The Bertz CT molecular complexity index is 173. The minimum absolute atomic E-state index is 0.153. The van der Waals surface area contributed by atoms with E-state index in [0.717, 1.165) is 12.8 Å². The summed E-state index contributed by atoms with van der Waals surface area (Å²) in [5.41, 5.74) is 5.48. The molecule has 0 saturated heterocycles. The summed E-state index contributed by atoms with van der Waals surface area (Å²) < 4.78 is 5.85. The number of aliphatic hydroxyl groups is 1. The number of aliphatic hydroxyl groups excluding tert-OH is 1. The molecule has 0 rings (SSSR count). The van der Waals surface area contributed by atoms with Crippen molar-refractivity contribution in [1.82, 2.24) is 0 Å². The summed E-state index contributed by atoms with van der Waals surface area (Å²) in [7, 11) is 0. The topological polar surface area (TPSA) is 55.5 Å². The lowest BCUT2D eigenvalue weighted by Gasteiger charge is -2.33. The molecule has 0 spiro atoms. The molecule has 0 heterocycles. The van der Waals surface area contributed by atoms with Crippen LogP contribution in [0.3, 0.4) is 0 Å². The van der Waals surface area contributed by atoms with Crippen molar-refractivity contribution in [2.45, 2.75) is 77.6 Å². The summed E-state index contributed by atoms with van der Waals surface area (Å²) in [6, 6.07) is 0. The number of hydrogen-bond acceptors (Lipinski definition) is 3. The van der Waals surface area contributed by atoms with Crippen LogP contribution in [0.2, 0.25) is 0 Å². The van der Waals surface area contributed by atoms with Crippen LogP contribution in [0.1, 0.15) is 59.8 Å². The Balaban J connectivity index is 3.99. The average Bonchev–Trinajstić information content (AvgIpc) is 2.24. The van der Waals surface area contributed by atoms with E-state index in [0.29, 0.717) is 6.54 Å². The van der Waals surface area contributed by atoms with E-state index in [2.05, 4.69) is 6.92 Å². The Hall–Kier alpha value is -0.120. The Labute approximate surface area is 100 Å². The number of nitrogens with two attached hydrogens (primary N) is 1. The van der Waals surface area contributed by atoms with Crippen molar-refractivity contribution in [2.75, 3.05) is 6.54 Å². The molecule has 3 N–H and O–H groups in total. The molecule has 0 aromatic heterocycles. The smallest absolute Gasteiger partial charge is 0.0811 e. The third-order valence-corrected chi connectivity index (χ3v) is 3.14. The van der Waals surface area contributed by atoms with E-state index in [-0.39, 0.29) is 11.7 Å². The van der Waals surface area contributed by atoms with E-state index in [1.807, 2.05) is 13.8 Å². The normalized spacial score (nSPS) is 19.1. The predicted octanol–water partition coefficient (Wildman–Crippen LogP) is 2.46. The van der Waals surface area contributed by atoms with Gasteiger partial charge in [0.1, 0.15) is 0 Å². The van der Waals surface area contributed by atoms with Crippen LogP contribution >= 0.6 is 0 Å². The Morgan fingerprint density at radius 1 is 1.25 bits per heavy atom. The van der Waals surface area contributed by atoms with E-state index in [1.165, 1.54) is 19.3 Å². The van der Waals surface area contributed by atoms with Crippen LogP contribution in [0.25, 0.3) is 0 Å². The molecule has 3 atom stereocenters. The maximum atomic E-state index is 9.42. The summed E-state index contributed by atoms with van der Waals surface area (Å²) in [5, 5.41) is 9.42. The molecule has 0 amide bonds. The van der Waals surface area contributed by atoms with Gasteiger partial charge < -0.3 is 15.6 Å². The quantitative estimate of drug-likeness (QED) is 0.599. The first-order chi connectivity index (χ1) is 7.45. The van der Waals surface area contributed by atoms with Crippen LogP contribution < -0.4 is 5.73 Å². The highest BCUT2D eigenvalue weighted by Crippen LogP contribution is 2.21. The van der Waals surface area contributed by atoms with Crippen LogP contribution in [0.4, 0.5) is 0 Å². The lowest BCUT2D eigenvalue weighted by Crippen LogP contribution is -2.42. The van der Waals surface area contributed by atoms with Crippen LogP contribution in [-0.2, 0) is 4.74 Å². The molecular formula is C13H29NO2. The second-order valence-electron chi connectivity index (χ2n) is 5.03. The lowest BCUT2D eigenvalue weighted by atomic mass is 9.97. The minimum Gasteiger partial charge on any atom is -0.391 e. The van der Waals surface area contributed by atoms with Crippen molar-refractivity contribution < 1.29 is 9.84 Å². The molecule has 3 unspecified atom stereocenters. The van der Waals surface area contributed by atoms with Crippen LogP contribution in [-0.4, -0.2) is 29.5 Å². The maximum Gasteiger partial charge on any atom is 0.0811 e. The van der Waals surface area contributed by atoms with Gasteiger partial charge in [0, 0.05) is 6.54 Å². The third-order valence-electron chi connectivity index (χ3n) is 3.14. The summed E-state index contributed by atoms with van der Waals surface area (Å²) in [6.07, 6.45) is 5.27. The van der Waals surface area contributed by atoms with Crippen molar-refractivity contribution >= 4 is 0 Å². The molecule has 0 aliphatic heterocycles. The van der Waals surface area contributed by atoms with Gasteiger partial charge in [-0.05, 0) is 27.2 Å². The van der Waals surface area contributed by atoms with E-state index in [4.69, 9.17) is 10.5 Å². The first-order valence-electron chi connectivity index (χ1n) is 6.51. The van der Waals surface area contributed by atoms with Gasteiger partial charge >= 0.3 is 0 Å². The van der Waals surface area contributed by atoms with Crippen molar-refractivity contribution in [1.29, 1.82) is 0 Å². The first-order valence-corrected chi connectivity index (χ1v) is 6.51. The number of unbranched alkanes of at least 4 members (excludes halogenated alkanes) is 3. The molecular weight excluding hydrogens is 202 g/mol. The van der Waals surface area contributed by atoms with Gasteiger partial charge in [-0.2, -0.15) is 0 Å². The summed E-state index contributed by atoms with van der Waals surface area (Å²) in [4.78, 5) is 0. The van der Waals surface area contributed by atoms with Crippen molar-refractivity contribution in [2.24, 2.45) is 5.73 Å². The number of hydrogen-bond donors (Lipinski definition) is 2. The highest BCUT2D eigenvalue weighted by atomic mass is 16.5. The fourth-order valence-corrected chi connectivity index (χ4v) is 1.68. The first kappa shape index (κ1) is 15.9. The average molecular weight is 231 g/mol. The van der Waals surface area contributed by atoms with E-state index >= 15 is 0 Å². The maximum absolute atomic E-state index is 9.42. The Morgan fingerprint density at radius 2 is 1.88 bits per heavy atom. The highest BCUT2D eigenvalue weighted by molar-refractivity contribution is 4.78. The van der Waals surface area contributed by atoms with Gasteiger partial charge in [-0.1, -0.05) is 32.6 Å². The highest BCUT2D eigenvalue weighted by Gasteiger charge is 2.26. The summed E-state index contributed by atoms with van der Waals surface area (Å²) in [6.45, 7) is 8.39. The van der Waals surface area contributed by atoms with E-state index in [9.17, 15) is 5.11 Å². The SMILES string of the molecule is CCCCCCC(C)(CN)OC(C)C(C)O. The van der Waals surface area contributed by atoms with Crippen molar-refractivity contribution in [3.8, 4) is 0 Å². The fourth-order valence-electron chi connectivity index (χ4n) is 1.68. The van der Waals surface area contributed by atoms with Crippen LogP contribution in [0, 0.1) is 0 Å². The van der Waals surface area contributed by atoms with Gasteiger partial charge in [-0.25, -0.2) is 0 Å². The van der Waals surface area contributed by atoms with Gasteiger partial charge in [0.05, 0.1) is 17.8 Å². The summed E-state index contributed by atoms with van der Waals surface area (Å²) in [5.74, 6) is 0. The Morgan fingerprint density at radius 3 is 2.31 bits per heavy atom. The molecule has 0 bridgehead atoms. The van der Waals surface area contributed by atoms with Crippen molar-refractivity contribution in [3.63, 3.8) is 0 Å². The van der Waals surface area contributed by atoms with Gasteiger partial charge in [-0.15, -0.1) is 0 Å². The molecule has 0 aromatic rings. The van der Waals surface area contributed by atoms with Gasteiger partial charge in [0.15, 0.2) is 0 Å². The lowest BCUT2D eigenvalue weighted by molar-refractivity contribution is -0.114. The Kier molecular flexibility index (Phi) is 7.98. The molecule has 0 aliphatic rings. The molecule has 3 heteroatoms. The second-order valence-corrected chi connectivity index (χ2v) is 5.03. The molecule has 16 heavy (non-hydrogen) atoms. The zero-order chi connectivity index (χ0) is 12.6. The zero-order valence-corrected chi connectivity index (χ0v) is 11.3. The minimum atomic E-state index is -0.443. The predicted molar refractivity (Wildman–Crippen MR) is 68.4 cm³/mol. The zero-order valence-electron chi connectivity index (χ0n) is 11.3. The molecule has 0 aromatic carbocycles. The van der Waals surface area contributed by atoms with Crippen LogP contribution in [0.15, 0.2) is 0 Å². The van der Waals surface area contributed by atoms with E-state index < -0.39 is 6.10 Å². The van der Waals surface area contributed by atoms with Crippen LogP contribution in [0.5, 0.6) is 0 Å². The molecule has 3 nitrogen and oxygen atoms in total. The van der Waals surface area contributed by atoms with Gasteiger partial charge in [-0.3, -0.25) is 0 Å². The van der Waals surface area contributed by atoms with Gasteiger partial charge in [0.2, 0.25) is 0 Å². The summed E-state index contributed by atoms with van der Waals surface area (Å²) >= 11 is 0. The molecule has 0 radical (unpaired) electrons. The van der Waals surface area contributed by atoms with E-state index in [1.54, 1.807) is 6.92 Å². The number of ether oxygens (including phenoxy) is 1. The molecule has 0 fully saturated rings. The largest absolute Gasteiger partial charge is 0.391 e. The number of rotatable bonds is 9. The molecule has 98 valence electrons. The second kappa shape index (κ2) is 8.04. The van der Waals surface area contributed by atoms with Crippen molar-refractivity contribution in [3.05, 3.63) is 0 Å². The monoisotopic (exact) mass is 231 g/mol. The fraction of sp³-hybridized carbons (Fsp3) is 1.00.